The minimum absolute atomic E-state index is 0.0834. The smallest absolute Gasteiger partial charge is 0.248 e. The van der Waals surface area contributed by atoms with Gasteiger partial charge in [0, 0.05) is 23.5 Å². The summed E-state index contributed by atoms with van der Waals surface area (Å²) in [6.07, 6.45) is 4.36. The standard InChI is InChI=1S/C15H31N2OP/c1-13(2,3)12-18-19-16(14(4,5)6)10-11-17(19)15(7,8)9/h10-11H,12H2,1-9H3. The summed E-state index contributed by atoms with van der Waals surface area (Å²) in [5, 5.41) is 0. The van der Waals surface area contributed by atoms with E-state index < -0.39 is 8.45 Å². The monoisotopic (exact) mass is 286 g/mol. The van der Waals surface area contributed by atoms with Gasteiger partial charge in [-0.15, -0.1) is 0 Å². The third-order valence-corrected chi connectivity index (χ3v) is 5.27. The second-order valence-corrected chi connectivity index (χ2v) is 10.0. The molecule has 0 aliphatic carbocycles. The average Bonchev–Trinajstić information content (AvgIpc) is 2.54. The highest BCUT2D eigenvalue weighted by Crippen LogP contribution is 2.57. The van der Waals surface area contributed by atoms with Gasteiger partial charge in [-0.25, -0.2) is 0 Å². The van der Waals surface area contributed by atoms with Crippen LogP contribution < -0.4 is 0 Å². The first-order valence-corrected chi connectivity index (χ1v) is 8.19. The molecule has 0 radical (unpaired) electrons. The fourth-order valence-corrected chi connectivity index (χ4v) is 4.01. The molecule has 1 aliphatic heterocycles. The zero-order valence-electron chi connectivity index (χ0n) is 14.1. The lowest BCUT2D eigenvalue weighted by Gasteiger charge is -2.43. The highest BCUT2D eigenvalue weighted by molar-refractivity contribution is 7.48. The number of hydrogen-bond acceptors (Lipinski definition) is 3. The molecule has 0 atom stereocenters. The minimum atomic E-state index is -0.757. The van der Waals surface area contributed by atoms with Crippen molar-refractivity contribution < 1.29 is 4.52 Å². The molecule has 0 unspecified atom stereocenters. The Morgan fingerprint density at radius 1 is 0.789 bits per heavy atom. The van der Waals surface area contributed by atoms with Crippen molar-refractivity contribution in [3.63, 3.8) is 0 Å². The first-order chi connectivity index (χ1) is 8.32. The van der Waals surface area contributed by atoms with Gasteiger partial charge in [-0.1, -0.05) is 20.8 Å². The molecule has 0 aromatic heterocycles. The Balaban J connectivity index is 2.89. The van der Waals surface area contributed by atoms with Gasteiger partial charge in [0.1, 0.15) is 0 Å². The summed E-state index contributed by atoms with van der Waals surface area (Å²) in [6, 6.07) is 0. The Morgan fingerprint density at radius 3 is 1.42 bits per heavy atom. The van der Waals surface area contributed by atoms with Crippen LogP contribution in [0.1, 0.15) is 62.3 Å². The van der Waals surface area contributed by atoms with E-state index in [-0.39, 0.29) is 16.5 Å². The minimum Gasteiger partial charge on any atom is -0.322 e. The first kappa shape index (κ1) is 16.8. The van der Waals surface area contributed by atoms with Crippen molar-refractivity contribution in [2.75, 3.05) is 6.61 Å². The van der Waals surface area contributed by atoms with E-state index in [2.05, 4.69) is 84.1 Å². The molecule has 1 aliphatic rings. The van der Waals surface area contributed by atoms with E-state index in [4.69, 9.17) is 4.52 Å². The maximum atomic E-state index is 6.30. The van der Waals surface area contributed by atoms with Crippen LogP contribution >= 0.6 is 8.45 Å². The maximum Gasteiger partial charge on any atom is 0.248 e. The van der Waals surface area contributed by atoms with Gasteiger partial charge in [0.05, 0.1) is 6.61 Å². The summed E-state index contributed by atoms with van der Waals surface area (Å²) in [4.78, 5) is 0. The molecule has 0 spiro atoms. The van der Waals surface area contributed by atoms with Crippen molar-refractivity contribution >= 4 is 8.45 Å². The Hall–Kier alpha value is -0.270. The molecule has 19 heavy (non-hydrogen) atoms. The van der Waals surface area contributed by atoms with Crippen molar-refractivity contribution in [3.8, 4) is 0 Å². The van der Waals surface area contributed by atoms with Gasteiger partial charge in [-0.2, -0.15) is 0 Å². The second-order valence-electron chi connectivity index (χ2n) is 8.42. The van der Waals surface area contributed by atoms with Gasteiger partial charge in [0.15, 0.2) is 0 Å². The van der Waals surface area contributed by atoms with Crippen LogP contribution in [0, 0.1) is 5.41 Å². The molecule has 0 bridgehead atoms. The molecule has 4 heteroatoms. The first-order valence-electron chi connectivity index (χ1n) is 7.02. The van der Waals surface area contributed by atoms with Gasteiger partial charge in [0.25, 0.3) is 0 Å². The Morgan fingerprint density at radius 2 is 1.16 bits per heavy atom. The van der Waals surface area contributed by atoms with Crippen LogP contribution in [0.4, 0.5) is 0 Å². The summed E-state index contributed by atoms with van der Waals surface area (Å²) < 4.78 is 11.0. The van der Waals surface area contributed by atoms with Crippen molar-refractivity contribution in [1.82, 2.24) is 9.34 Å². The second kappa shape index (κ2) is 5.26. The molecule has 0 aromatic carbocycles. The lowest BCUT2D eigenvalue weighted by atomic mass is 9.99. The SMILES string of the molecule is CC(C)(C)COP1N(C(C)(C)C)C=CN1C(C)(C)C. The molecule has 0 fully saturated rings. The topological polar surface area (TPSA) is 15.7 Å². The quantitative estimate of drug-likeness (QED) is 0.667. The fraction of sp³-hybridized carbons (Fsp3) is 0.867. The van der Waals surface area contributed by atoms with Gasteiger partial charge >= 0.3 is 0 Å². The number of rotatable bonds is 2. The zero-order valence-corrected chi connectivity index (χ0v) is 15.0. The van der Waals surface area contributed by atoms with Gasteiger partial charge in [0.2, 0.25) is 8.45 Å². The number of nitrogens with zero attached hydrogens (tertiary/aromatic N) is 2. The molecule has 0 saturated heterocycles. The van der Waals surface area contributed by atoms with E-state index in [1.165, 1.54) is 0 Å². The third-order valence-electron chi connectivity index (χ3n) is 2.71. The van der Waals surface area contributed by atoms with Crippen molar-refractivity contribution in [3.05, 3.63) is 12.4 Å². The van der Waals surface area contributed by atoms with Gasteiger partial charge < -0.3 is 13.9 Å². The van der Waals surface area contributed by atoms with Crippen LogP contribution in [0.15, 0.2) is 12.4 Å². The average molecular weight is 286 g/mol. The molecule has 3 nitrogen and oxygen atoms in total. The predicted molar refractivity (Wildman–Crippen MR) is 84.7 cm³/mol. The van der Waals surface area contributed by atoms with Gasteiger partial charge in [-0.05, 0) is 47.0 Å². The van der Waals surface area contributed by atoms with E-state index in [0.29, 0.717) is 0 Å². The molecule has 0 amide bonds. The molecule has 112 valence electrons. The predicted octanol–water partition coefficient (Wildman–Crippen LogP) is 4.96. The lowest BCUT2D eigenvalue weighted by Crippen LogP contribution is -2.39. The van der Waals surface area contributed by atoms with Crippen LogP contribution in [-0.4, -0.2) is 27.0 Å². The number of hydrogen-bond donors (Lipinski definition) is 0. The zero-order chi connectivity index (χ0) is 15.1. The molecule has 1 rings (SSSR count). The van der Waals surface area contributed by atoms with E-state index in [1.54, 1.807) is 0 Å². The highest BCUT2D eigenvalue weighted by atomic mass is 31.2. The van der Waals surface area contributed by atoms with E-state index >= 15 is 0 Å². The molecule has 0 N–H and O–H groups in total. The van der Waals surface area contributed by atoms with Crippen molar-refractivity contribution in [2.45, 2.75) is 73.4 Å². The highest BCUT2D eigenvalue weighted by Gasteiger charge is 2.40. The van der Waals surface area contributed by atoms with Gasteiger partial charge in [-0.3, -0.25) is 0 Å². The Kier molecular flexibility index (Phi) is 4.64. The van der Waals surface area contributed by atoms with Crippen LogP contribution in [0.3, 0.4) is 0 Å². The Labute approximate surface area is 120 Å². The maximum absolute atomic E-state index is 6.30. The summed E-state index contributed by atoms with van der Waals surface area (Å²) in [5.41, 5.74) is 0.359. The van der Waals surface area contributed by atoms with Crippen LogP contribution in [0.2, 0.25) is 0 Å². The van der Waals surface area contributed by atoms with Crippen molar-refractivity contribution in [2.24, 2.45) is 5.41 Å². The fourth-order valence-electron chi connectivity index (χ4n) is 1.68. The van der Waals surface area contributed by atoms with E-state index in [1.807, 2.05) is 0 Å². The summed E-state index contributed by atoms with van der Waals surface area (Å²) in [6.45, 7) is 20.8. The molecule has 1 heterocycles. The van der Waals surface area contributed by atoms with Crippen LogP contribution in [0.5, 0.6) is 0 Å². The third kappa shape index (κ3) is 4.65. The van der Waals surface area contributed by atoms with E-state index in [0.717, 1.165) is 6.61 Å². The Bertz CT molecular complexity index is 310. The largest absolute Gasteiger partial charge is 0.322 e. The van der Waals surface area contributed by atoms with E-state index in [9.17, 15) is 0 Å². The van der Waals surface area contributed by atoms with Crippen LogP contribution in [-0.2, 0) is 4.52 Å². The lowest BCUT2D eigenvalue weighted by molar-refractivity contribution is 0.170. The molecular weight excluding hydrogens is 255 g/mol. The molecule has 0 aromatic rings. The summed E-state index contributed by atoms with van der Waals surface area (Å²) in [7, 11) is -0.757. The molecular formula is C15H31N2OP. The summed E-state index contributed by atoms with van der Waals surface area (Å²) in [5.74, 6) is 0. The van der Waals surface area contributed by atoms with Crippen molar-refractivity contribution in [1.29, 1.82) is 0 Å². The summed E-state index contributed by atoms with van der Waals surface area (Å²) >= 11 is 0. The normalized spacial score (nSPS) is 18.6. The van der Waals surface area contributed by atoms with Crippen LogP contribution in [0.25, 0.3) is 0 Å². The molecule has 0 saturated carbocycles.